The zero-order valence-corrected chi connectivity index (χ0v) is 18.7. The van der Waals surface area contributed by atoms with Gasteiger partial charge in [0.25, 0.3) is 0 Å². The van der Waals surface area contributed by atoms with Crippen LogP contribution in [0.4, 0.5) is 5.13 Å². The molecule has 2 aromatic heterocycles. The van der Waals surface area contributed by atoms with Crippen LogP contribution in [0.15, 0.2) is 18.3 Å². The lowest BCUT2D eigenvalue weighted by Gasteiger charge is -2.59. The van der Waals surface area contributed by atoms with E-state index in [1.165, 1.54) is 38.5 Å². The summed E-state index contributed by atoms with van der Waals surface area (Å²) < 4.78 is 0. The van der Waals surface area contributed by atoms with Crippen molar-refractivity contribution < 1.29 is 4.79 Å². The molecule has 4 bridgehead atoms. The van der Waals surface area contributed by atoms with E-state index in [2.05, 4.69) is 22.1 Å². The van der Waals surface area contributed by atoms with Crippen molar-refractivity contribution in [3.63, 3.8) is 0 Å². The summed E-state index contributed by atoms with van der Waals surface area (Å²) in [4.78, 5) is 25.6. The minimum atomic E-state index is 0.144. The van der Waals surface area contributed by atoms with Crippen molar-refractivity contribution in [1.29, 1.82) is 0 Å². The molecule has 6 heteroatoms. The first-order valence-corrected chi connectivity index (χ1v) is 12.7. The first-order valence-electron chi connectivity index (χ1n) is 11.8. The third-order valence-electron chi connectivity index (χ3n) is 8.65. The summed E-state index contributed by atoms with van der Waals surface area (Å²) in [6, 6.07) is 4.29. The second-order valence-electron chi connectivity index (χ2n) is 10.6. The standard InChI is InChI=1S/C24H32N4OS/c1-15(24-12-16-9-17(13-24)11-18(10-16)14-24)26-21(29)19-4-7-28(8-5-19)23-27-20-3-2-6-25-22(20)30-23/h2-3,6,15-19H,4-5,7-14H2,1H3,(H,26,29). The molecule has 1 amide bonds. The van der Waals surface area contributed by atoms with Crippen molar-refractivity contribution in [3.05, 3.63) is 18.3 Å². The molecule has 1 aliphatic heterocycles. The molecule has 5 fully saturated rings. The molecule has 1 atom stereocenters. The predicted octanol–water partition coefficient (Wildman–Crippen LogP) is 4.63. The fourth-order valence-corrected chi connectivity index (χ4v) is 8.38. The van der Waals surface area contributed by atoms with Crippen molar-refractivity contribution in [2.24, 2.45) is 29.1 Å². The Kier molecular flexibility index (Phi) is 4.55. The summed E-state index contributed by atoms with van der Waals surface area (Å²) in [6.07, 6.45) is 12.1. The molecule has 0 spiro atoms. The van der Waals surface area contributed by atoms with Crippen LogP contribution in [0, 0.1) is 29.1 Å². The van der Waals surface area contributed by atoms with Crippen molar-refractivity contribution in [1.82, 2.24) is 15.3 Å². The highest BCUT2D eigenvalue weighted by molar-refractivity contribution is 7.21. The van der Waals surface area contributed by atoms with E-state index in [1.54, 1.807) is 11.3 Å². The van der Waals surface area contributed by atoms with Crippen molar-refractivity contribution in [3.8, 4) is 0 Å². The Labute approximate surface area is 182 Å². The largest absolute Gasteiger partial charge is 0.353 e. The SMILES string of the molecule is CC(NC(=O)C1CCN(c2nc3cccnc3s2)CC1)C12CC3CC(CC(C3)C1)C2. The van der Waals surface area contributed by atoms with Gasteiger partial charge in [-0.1, -0.05) is 11.3 Å². The molecule has 1 unspecified atom stereocenters. The monoisotopic (exact) mass is 424 g/mol. The number of aromatic nitrogens is 2. The minimum Gasteiger partial charge on any atom is -0.353 e. The number of anilines is 1. The molecule has 4 saturated carbocycles. The van der Waals surface area contributed by atoms with Crippen LogP contribution in [0.3, 0.4) is 0 Å². The summed E-state index contributed by atoms with van der Waals surface area (Å²) in [6.45, 7) is 4.11. The van der Waals surface area contributed by atoms with Gasteiger partial charge in [-0.15, -0.1) is 0 Å². The number of amides is 1. The van der Waals surface area contributed by atoms with Gasteiger partial charge in [-0.25, -0.2) is 9.97 Å². The molecule has 4 aliphatic carbocycles. The Hall–Kier alpha value is -1.69. The molecule has 3 heterocycles. The Morgan fingerprint density at radius 2 is 1.83 bits per heavy atom. The second kappa shape index (κ2) is 7.18. The lowest BCUT2D eigenvalue weighted by molar-refractivity contribution is -0.130. The van der Waals surface area contributed by atoms with E-state index >= 15 is 0 Å². The van der Waals surface area contributed by atoms with E-state index in [4.69, 9.17) is 4.98 Å². The van der Waals surface area contributed by atoms with Crippen LogP contribution in [0.25, 0.3) is 10.3 Å². The van der Waals surface area contributed by atoms with E-state index < -0.39 is 0 Å². The Balaban J connectivity index is 1.07. The van der Waals surface area contributed by atoms with Crippen LogP contribution in [-0.2, 0) is 4.79 Å². The average molecular weight is 425 g/mol. The molecule has 5 aliphatic rings. The van der Waals surface area contributed by atoms with Gasteiger partial charge >= 0.3 is 0 Å². The zero-order chi connectivity index (χ0) is 20.3. The average Bonchev–Trinajstić information content (AvgIpc) is 3.17. The van der Waals surface area contributed by atoms with Crippen LogP contribution >= 0.6 is 11.3 Å². The number of carbonyl (C=O) groups is 1. The maximum atomic E-state index is 13.1. The second-order valence-corrected chi connectivity index (χ2v) is 11.6. The minimum absolute atomic E-state index is 0.144. The van der Waals surface area contributed by atoms with Crippen LogP contribution in [0.2, 0.25) is 0 Å². The van der Waals surface area contributed by atoms with Gasteiger partial charge in [-0.2, -0.15) is 0 Å². The summed E-state index contributed by atoms with van der Waals surface area (Å²) >= 11 is 1.66. The first kappa shape index (κ1) is 19.0. The molecular weight excluding hydrogens is 392 g/mol. The van der Waals surface area contributed by atoms with Crippen molar-refractivity contribution >= 4 is 32.7 Å². The third kappa shape index (κ3) is 3.22. The van der Waals surface area contributed by atoms with Crippen LogP contribution in [0.5, 0.6) is 0 Å². The molecule has 7 rings (SSSR count). The van der Waals surface area contributed by atoms with Crippen molar-refractivity contribution in [2.75, 3.05) is 18.0 Å². The molecule has 1 saturated heterocycles. The molecule has 2 aromatic rings. The van der Waals surface area contributed by atoms with Crippen molar-refractivity contribution in [2.45, 2.75) is 64.3 Å². The van der Waals surface area contributed by atoms with E-state index in [-0.39, 0.29) is 5.92 Å². The number of rotatable bonds is 4. The molecule has 0 aromatic carbocycles. The number of fused-ring (bicyclic) bond motifs is 1. The lowest BCUT2D eigenvalue weighted by atomic mass is 9.48. The van der Waals surface area contributed by atoms with E-state index in [1.807, 2.05) is 18.3 Å². The Morgan fingerprint density at radius 3 is 2.47 bits per heavy atom. The predicted molar refractivity (Wildman–Crippen MR) is 121 cm³/mol. The molecular formula is C24H32N4OS. The molecule has 5 nitrogen and oxygen atoms in total. The molecule has 1 N–H and O–H groups in total. The van der Waals surface area contributed by atoms with E-state index in [0.717, 1.165) is 59.2 Å². The number of piperidine rings is 1. The smallest absolute Gasteiger partial charge is 0.223 e. The fourth-order valence-electron chi connectivity index (χ4n) is 7.42. The van der Waals surface area contributed by atoms with E-state index in [0.29, 0.717) is 17.4 Å². The summed E-state index contributed by atoms with van der Waals surface area (Å²) in [5.74, 6) is 3.24. The highest BCUT2D eigenvalue weighted by atomic mass is 32.1. The van der Waals surface area contributed by atoms with Gasteiger partial charge < -0.3 is 10.2 Å². The number of nitrogens with zero attached hydrogens (tertiary/aromatic N) is 3. The van der Waals surface area contributed by atoms with Gasteiger partial charge in [-0.3, -0.25) is 4.79 Å². The number of nitrogens with one attached hydrogen (secondary N) is 1. The van der Waals surface area contributed by atoms with Gasteiger partial charge in [0.1, 0.15) is 10.3 Å². The summed E-state index contributed by atoms with van der Waals surface area (Å²) in [5.41, 5.74) is 1.36. The van der Waals surface area contributed by atoms with E-state index in [9.17, 15) is 4.79 Å². The highest BCUT2D eigenvalue weighted by Crippen LogP contribution is 2.61. The number of carbonyl (C=O) groups excluding carboxylic acids is 1. The van der Waals surface area contributed by atoms with Gasteiger partial charge in [0.15, 0.2) is 5.13 Å². The van der Waals surface area contributed by atoms with Gasteiger partial charge in [-0.05, 0) is 93.6 Å². The zero-order valence-electron chi connectivity index (χ0n) is 17.8. The van der Waals surface area contributed by atoms with Gasteiger partial charge in [0.2, 0.25) is 5.91 Å². The molecule has 0 radical (unpaired) electrons. The fraction of sp³-hybridized carbons (Fsp3) is 0.708. The lowest BCUT2D eigenvalue weighted by Crippen LogP contribution is -2.56. The topological polar surface area (TPSA) is 58.1 Å². The number of hydrogen-bond acceptors (Lipinski definition) is 5. The maximum absolute atomic E-state index is 13.1. The third-order valence-corrected chi connectivity index (χ3v) is 9.69. The molecule has 160 valence electrons. The first-order chi connectivity index (χ1) is 14.6. The summed E-state index contributed by atoms with van der Waals surface area (Å²) in [5, 5.41) is 4.55. The number of pyridine rings is 1. The maximum Gasteiger partial charge on any atom is 0.223 e. The highest BCUT2D eigenvalue weighted by Gasteiger charge is 2.53. The summed E-state index contributed by atoms with van der Waals surface area (Å²) in [7, 11) is 0. The van der Waals surface area contributed by atoms with Crippen LogP contribution < -0.4 is 10.2 Å². The quantitative estimate of drug-likeness (QED) is 0.777. The normalized spacial score (nSPS) is 34.4. The van der Waals surface area contributed by atoms with Crippen LogP contribution in [0.1, 0.15) is 58.3 Å². The Morgan fingerprint density at radius 1 is 1.17 bits per heavy atom. The van der Waals surface area contributed by atoms with Gasteiger partial charge in [0, 0.05) is 31.2 Å². The van der Waals surface area contributed by atoms with Gasteiger partial charge in [0.05, 0.1) is 0 Å². The molecule has 30 heavy (non-hydrogen) atoms. The number of thiazole rings is 1. The van der Waals surface area contributed by atoms with Crippen LogP contribution in [-0.4, -0.2) is 35.0 Å². The Bertz CT molecular complexity index is 879. The number of hydrogen-bond donors (Lipinski definition) is 1.